The van der Waals surface area contributed by atoms with Crippen molar-refractivity contribution >= 4 is 17.2 Å². The Morgan fingerprint density at radius 1 is 1.35 bits per heavy atom. The molecule has 0 spiro atoms. The maximum Gasteiger partial charge on any atom is 0.273 e. The first-order valence-corrected chi connectivity index (χ1v) is 7.21. The molecule has 0 aliphatic heterocycles. The van der Waals surface area contributed by atoms with Gasteiger partial charge in [-0.05, 0) is 5.56 Å². The lowest BCUT2D eigenvalue weighted by atomic mass is 10.2. The van der Waals surface area contributed by atoms with Gasteiger partial charge in [-0.25, -0.2) is 4.98 Å². The second-order valence-electron chi connectivity index (χ2n) is 4.27. The fourth-order valence-corrected chi connectivity index (χ4v) is 2.49. The highest BCUT2D eigenvalue weighted by Crippen LogP contribution is 2.13. The molecule has 0 unspecified atom stereocenters. The summed E-state index contributed by atoms with van der Waals surface area (Å²) < 4.78 is 0. The Morgan fingerprint density at radius 3 is 2.70 bits per heavy atom. The van der Waals surface area contributed by atoms with E-state index in [1.165, 1.54) is 11.3 Å². The van der Waals surface area contributed by atoms with E-state index >= 15 is 0 Å². The third kappa shape index (κ3) is 3.63. The highest BCUT2D eigenvalue weighted by atomic mass is 32.1. The number of carbonyl (C=O) groups is 1. The van der Waals surface area contributed by atoms with Gasteiger partial charge in [0, 0.05) is 25.0 Å². The number of hydrogen-bond acceptors (Lipinski definition) is 5. The largest absolute Gasteiger partial charge is 0.395 e. The van der Waals surface area contributed by atoms with E-state index in [4.69, 9.17) is 10.8 Å². The van der Waals surface area contributed by atoms with Crippen molar-refractivity contribution in [3.8, 4) is 0 Å². The third-order valence-corrected chi connectivity index (χ3v) is 3.69. The van der Waals surface area contributed by atoms with Crippen molar-refractivity contribution in [2.75, 3.05) is 13.2 Å². The molecule has 0 radical (unpaired) electrons. The summed E-state index contributed by atoms with van der Waals surface area (Å²) in [6, 6.07) is 9.67. The van der Waals surface area contributed by atoms with Crippen molar-refractivity contribution in [3.63, 3.8) is 0 Å². The number of aliphatic hydroxyl groups excluding tert-OH is 1. The fraction of sp³-hybridized carbons (Fsp3) is 0.286. The maximum atomic E-state index is 12.4. The van der Waals surface area contributed by atoms with Crippen LogP contribution in [0.5, 0.6) is 0 Å². The van der Waals surface area contributed by atoms with Gasteiger partial charge in [-0.3, -0.25) is 4.79 Å². The molecule has 0 saturated carbocycles. The number of aromatic nitrogens is 1. The molecule has 106 valence electrons. The molecular formula is C14H17N3O2S. The number of nitrogens with zero attached hydrogens (tertiary/aromatic N) is 2. The molecule has 1 aromatic heterocycles. The maximum absolute atomic E-state index is 12.4. The molecule has 0 atom stereocenters. The minimum absolute atomic E-state index is 0.0769. The number of amides is 1. The molecule has 2 aromatic rings. The van der Waals surface area contributed by atoms with Crippen LogP contribution in [0.25, 0.3) is 0 Å². The molecule has 5 nitrogen and oxygen atoms in total. The van der Waals surface area contributed by atoms with Gasteiger partial charge in [0.15, 0.2) is 0 Å². The molecule has 1 heterocycles. The normalized spacial score (nSPS) is 10.5. The Balaban J connectivity index is 2.13. The topological polar surface area (TPSA) is 79.5 Å². The molecule has 0 saturated heterocycles. The summed E-state index contributed by atoms with van der Waals surface area (Å²) >= 11 is 1.37. The van der Waals surface area contributed by atoms with Crippen molar-refractivity contribution in [2.24, 2.45) is 5.73 Å². The number of rotatable bonds is 6. The Morgan fingerprint density at radius 2 is 2.10 bits per heavy atom. The van der Waals surface area contributed by atoms with Crippen LogP contribution < -0.4 is 5.73 Å². The predicted molar refractivity (Wildman–Crippen MR) is 78.3 cm³/mol. The summed E-state index contributed by atoms with van der Waals surface area (Å²) in [4.78, 5) is 18.2. The van der Waals surface area contributed by atoms with E-state index in [0.29, 0.717) is 18.8 Å². The van der Waals surface area contributed by atoms with Gasteiger partial charge in [-0.2, -0.15) is 0 Å². The first kappa shape index (κ1) is 14.6. The van der Waals surface area contributed by atoms with Gasteiger partial charge in [0.2, 0.25) is 0 Å². The number of nitrogens with two attached hydrogens (primary N) is 1. The van der Waals surface area contributed by atoms with Crippen molar-refractivity contribution in [2.45, 2.75) is 13.1 Å². The molecule has 6 heteroatoms. The van der Waals surface area contributed by atoms with Gasteiger partial charge in [0.25, 0.3) is 5.91 Å². The van der Waals surface area contributed by atoms with Gasteiger partial charge in [0.05, 0.1) is 6.61 Å². The van der Waals surface area contributed by atoms with E-state index in [0.717, 1.165) is 10.6 Å². The van der Waals surface area contributed by atoms with Crippen molar-refractivity contribution < 1.29 is 9.90 Å². The van der Waals surface area contributed by atoms with Crippen LogP contribution in [0.15, 0.2) is 35.7 Å². The van der Waals surface area contributed by atoms with Crippen LogP contribution in [-0.4, -0.2) is 34.0 Å². The Labute approximate surface area is 121 Å². The minimum atomic E-state index is -0.182. The minimum Gasteiger partial charge on any atom is -0.395 e. The Bertz CT molecular complexity index is 557. The molecule has 20 heavy (non-hydrogen) atoms. The monoisotopic (exact) mass is 291 g/mol. The second kappa shape index (κ2) is 7.14. The quantitative estimate of drug-likeness (QED) is 0.839. The van der Waals surface area contributed by atoms with E-state index in [1.54, 1.807) is 10.3 Å². The third-order valence-electron chi connectivity index (χ3n) is 2.82. The first-order valence-electron chi connectivity index (χ1n) is 6.33. The average molecular weight is 291 g/mol. The zero-order valence-electron chi connectivity index (χ0n) is 11.0. The van der Waals surface area contributed by atoms with E-state index in [-0.39, 0.29) is 19.1 Å². The number of hydrogen-bond donors (Lipinski definition) is 2. The molecule has 0 fully saturated rings. The van der Waals surface area contributed by atoms with Crippen LogP contribution in [-0.2, 0) is 13.1 Å². The predicted octanol–water partition coefficient (Wildman–Crippen LogP) is 1.24. The molecule has 2 rings (SSSR count). The molecular weight excluding hydrogens is 274 g/mol. The van der Waals surface area contributed by atoms with E-state index < -0.39 is 0 Å². The van der Waals surface area contributed by atoms with Crippen LogP contribution in [0.2, 0.25) is 0 Å². The summed E-state index contributed by atoms with van der Waals surface area (Å²) in [6.45, 7) is 0.988. The highest BCUT2D eigenvalue weighted by Gasteiger charge is 2.18. The lowest BCUT2D eigenvalue weighted by Crippen LogP contribution is -2.33. The van der Waals surface area contributed by atoms with Gasteiger partial charge in [0.1, 0.15) is 10.7 Å². The lowest BCUT2D eigenvalue weighted by molar-refractivity contribution is 0.0702. The van der Waals surface area contributed by atoms with Gasteiger partial charge in [-0.1, -0.05) is 30.3 Å². The number of thiazole rings is 1. The molecule has 1 aromatic carbocycles. The molecule has 0 aliphatic rings. The van der Waals surface area contributed by atoms with Crippen molar-refractivity contribution in [1.29, 1.82) is 0 Å². The Hall–Kier alpha value is -1.76. The summed E-state index contributed by atoms with van der Waals surface area (Å²) in [7, 11) is 0. The highest BCUT2D eigenvalue weighted by molar-refractivity contribution is 7.09. The summed E-state index contributed by atoms with van der Waals surface area (Å²) in [5, 5.41) is 11.6. The van der Waals surface area contributed by atoms with Crippen molar-refractivity contribution in [3.05, 3.63) is 52.0 Å². The van der Waals surface area contributed by atoms with Crippen LogP contribution in [0.4, 0.5) is 0 Å². The number of benzene rings is 1. The molecule has 1 amide bonds. The summed E-state index contributed by atoms with van der Waals surface area (Å²) in [5.41, 5.74) is 6.91. The van der Waals surface area contributed by atoms with Crippen LogP contribution in [0.3, 0.4) is 0 Å². The van der Waals surface area contributed by atoms with Crippen molar-refractivity contribution in [1.82, 2.24) is 9.88 Å². The second-order valence-corrected chi connectivity index (χ2v) is 5.21. The van der Waals surface area contributed by atoms with E-state index in [1.807, 2.05) is 30.3 Å². The fourth-order valence-electron chi connectivity index (χ4n) is 1.84. The number of carbonyl (C=O) groups excluding carboxylic acids is 1. The number of aliphatic hydroxyl groups is 1. The zero-order chi connectivity index (χ0) is 14.4. The van der Waals surface area contributed by atoms with Gasteiger partial charge in [-0.15, -0.1) is 11.3 Å². The lowest BCUT2D eigenvalue weighted by Gasteiger charge is -2.20. The summed E-state index contributed by atoms with van der Waals surface area (Å²) in [5.74, 6) is -0.182. The van der Waals surface area contributed by atoms with E-state index in [9.17, 15) is 4.79 Å². The first-order chi connectivity index (χ1) is 9.74. The van der Waals surface area contributed by atoms with Crippen LogP contribution in [0.1, 0.15) is 21.1 Å². The Kier molecular flexibility index (Phi) is 5.23. The molecule has 0 aliphatic carbocycles. The molecule has 3 N–H and O–H groups in total. The van der Waals surface area contributed by atoms with Gasteiger partial charge < -0.3 is 15.7 Å². The standard InChI is InChI=1S/C14H17N3O2S/c15-8-13-16-12(10-20-13)14(19)17(6-7-18)9-11-4-2-1-3-5-11/h1-5,10,18H,6-9,15H2. The average Bonchev–Trinajstić information content (AvgIpc) is 2.96. The zero-order valence-corrected chi connectivity index (χ0v) is 11.8. The van der Waals surface area contributed by atoms with Crippen LogP contribution >= 0.6 is 11.3 Å². The SMILES string of the molecule is NCc1nc(C(=O)N(CCO)Cc2ccccc2)cs1. The van der Waals surface area contributed by atoms with Crippen LogP contribution in [0, 0.1) is 0 Å². The van der Waals surface area contributed by atoms with E-state index in [2.05, 4.69) is 4.98 Å². The molecule has 0 bridgehead atoms. The van der Waals surface area contributed by atoms with Gasteiger partial charge >= 0.3 is 0 Å². The summed E-state index contributed by atoms with van der Waals surface area (Å²) in [6.07, 6.45) is 0. The smallest absolute Gasteiger partial charge is 0.273 e.